The molecule has 90 valence electrons. The SMILES string of the molecule is Cn1cc(Sc2ccc(C#N)c([N+](=O)[O-])c2)cn1. The van der Waals surface area contributed by atoms with Crippen LogP contribution in [0.3, 0.4) is 0 Å². The summed E-state index contributed by atoms with van der Waals surface area (Å²) in [6, 6.07) is 6.34. The second kappa shape index (κ2) is 4.89. The fourth-order valence-corrected chi connectivity index (χ4v) is 2.29. The Balaban J connectivity index is 2.33. The Morgan fingerprint density at radius 3 is 2.83 bits per heavy atom. The van der Waals surface area contributed by atoms with Crippen LogP contribution in [0.5, 0.6) is 0 Å². The van der Waals surface area contributed by atoms with Gasteiger partial charge in [0.15, 0.2) is 0 Å². The molecule has 0 aliphatic heterocycles. The summed E-state index contributed by atoms with van der Waals surface area (Å²) in [6.07, 6.45) is 3.49. The van der Waals surface area contributed by atoms with E-state index in [-0.39, 0.29) is 11.3 Å². The number of aryl methyl sites for hydroxylation is 1. The van der Waals surface area contributed by atoms with Gasteiger partial charge in [-0.3, -0.25) is 14.8 Å². The van der Waals surface area contributed by atoms with Crippen molar-refractivity contribution < 1.29 is 4.92 Å². The number of nitro benzene ring substituents is 1. The Kier molecular flexibility index (Phi) is 3.30. The largest absolute Gasteiger partial charge is 0.288 e. The fraction of sp³-hybridized carbons (Fsp3) is 0.0909. The van der Waals surface area contributed by atoms with Crippen molar-refractivity contribution in [2.75, 3.05) is 0 Å². The molecule has 1 aromatic carbocycles. The average molecular weight is 260 g/mol. The van der Waals surface area contributed by atoms with Crippen molar-refractivity contribution >= 4 is 17.4 Å². The molecule has 0 spiro atoms. The first kappa shape index (κ1) is 12.1. The minimum absolute atomic E-state index is 0.0653. The predicted molar refractivity (Wildman–Crippen MR) is 65.1 cm³/mol. The van der Waals surface area contributed by atoms with Crippen molar-refractivity contribution in [3.05, 3.63) is 46.3 Å². The number of hydrogen-bond acceptors (Lipinski definition) is 5. The Hall–Kier alpha value is -2.33. The molecule has 1 aromatic heterocycles. The maximum Gasteiger partial charge on any atom is 0.288 e. The molecular formula is C11H8N4O2S. The number of aromatic nitrogens is 2. The van der Waals surface area contributed by atoms with Gasteiger partial charge < -0.3 is 0 Å². The van der Waals surface area contributed by atoms with Crippen molar-refractivity contribution in [1.29, 1.82) is 5.26 Å². The van der Waals surface area contributed by atoms with Gasteiger partial charge in [0.05, 0.1) is 16.0 Å². The number of rotatable bonds is 3. The molecule has 0 N–H and O–H groups in total. The third-order valence-corrected chi connectivity index (χ3v) is 3.14. The zero-order chi connectivity index (χ0) is 13.1. The van der Waals surface area contributed by atoms with Crippen LogP contribution in [0.1, 0.15) is 5.56 Å². The fourth-order valence-electron chi connectivity index (χ4n) is 1.41. The van der Waals surface area contributed by atoms with Gasteiger partial charge in [-0.25, -0.2) is 0 Å². The Morgan fingerprint density at radius 2 is 2.28 bits per heavy atom. The summed E-state index contributed by atoms with van der Waals surface area (Å²) in [5.41, 5.74) is -0.109. The molecule has 0 aliphatic carbocycles. The number of nitriles is 1. The van der Waals surface area contributed by atoms with E-state index in [9.17, 15) is 10.1 Å². The monoisotopic (exact) mass is 260 g/mol. The third kappa shape index (κ3) is 2.49. The van der Waals surface area contributed by atoms with Crippen LogP contribution in [0, 0.1) is 21.4 Å². The van der Waals surface area contributed by atoms with E-state index in [4.69, 9.17) is 5.26 Å². The highest BCUT2D eigenvalue weighted by molar-refractivity contribution is 7.99. The molecule has 0 radical (unpaired) electrons. The molecule has 6 nitrogen and oxygen atoms in total. The molecule has 0 bridgehead atoms. The molecule has 2 aromatic rings. The van der Waals surface area contributed by atoms with Crippen molar-refractivity contribution in [2.45, 2.75) is 9.79 Å². The lowest BCUT2D eigenvalue weighted by molar-refractivity contribution is -0.385. The molecule has 2 rings (SSSR count). The van der Waals surface area contributed by atoms with Crippen molar-refractivity contribution in [3.63, 3.8) is 0 Å². The topological polar surface area (TPSA) is 84.8 Å². The molecular weight excluding hydrogens is 252 g/mol. The molecule has 18 heavy (non-hydrogen) atoms. The van der Waals surface area contributed by atoms with Gasteiger partial charge in [0.25, 0.3) is 5.69 Å². The summed E-state index contributed by atoms with van der Waals surface area (Å²) in [5, 5.41) is 23.6. The minimum Gasteiger partial charge on any atom is -0.275 e. The van der Waals surface area contributed by atoms with E-state index < -0.39 is 4.92 Å². The normalized spacial score (nSPS) is 10.0. The lowest BCUT2D eigenvalue weighted by Gasteiger charge is -1.99. The van der Waals surface area contributed by atoms with Crippen molar-refractivity contribution in [3.8, 4) is 6.07 Å². The van der Waals surface area contributed by atoms with Crippen molar-refractivity contribution in [2.24, 2.45) is 7.05 Å². The summed E-state index contributed by atoms with van der Waals surface area (Å²) in [7, 11) is 1.80. The first-order chi connectivity index (χ1) is 8.60. The third-order valence-electron chi connectivity index (χ3n) is 2.20. The van der Waals surface area contributed by atoms with E-state index in [1.807, 2.05) is 6.20 Å². The average Bonchev–Trinajstić information content (AvgIpc) is 2.74. The number of hydrogen-bond donors (Lipinski definition) is 0. The Labute approximate surface area is 107 Å². The van der Waals surface area contributed by atoms with Crippen LogP contribution in [-0.2, 0) is 7.05 Å². The maximum absolute atomic E-state index is 10.8. The molecule has 0 unspecified atom stereocenters. The highest BCUT2D eigenvalue weighted by atomic mass is 32.2. The molecule has 1 heterocycles. The van der Waals surface area contributed by atoms with Gasteiger partial charge >= 0.3 is 0 Å². The van der Waals surface area contributed by atoms with Crippen LogP contribution < -0.4 is 0 Å². The second-order valence-corrected chi connectivity index (χ2v) is 4.65. The predicted octanol–water partition coefficient (Wildman–Crippen LogP) is 2.35. The van der Waals surface area contributed by atoms with Gasteiger partial charge in [-0.1, -0.05) is 11.8 Å². The van der Waals surface area contributed by atoms with E-state index in [0.717, 1.165) is 4.90 Å². The summed E-state index contributed by atoms with van der Waals surface area (Å²) in [4.78, 5) is 11.9. The van der Waals surface area contributed by atoms with Gasteiger partial charge in [0.2, 0.25) is 0 Å². The highest BCUT2D eigenvalue weighted by Crippen LogP contribution is 2.31. The van der Waals surface area contributed by atoms with Crippen LogP contribution in [0.4, 0.5) is 5.69 Å². The van der Waals surface area contributed by atoms with Crippen LogP contribution in [0.25, 0.3) is 0 Å². The molecule has 0 aliphatic rings. The van der Waals surface area contributed by atoms with Crippen molar-refractivity contribution in [1.82, 2.24) is 9.78 Å². The van der Waals surface area contributed by atoms with Gasteiger partial charge in [-0.15, -0.1) is 0 Å². The quantitative estimate of drug-likeness (QED) is 0.624. The number of nitro groups is 1. The van der Waals surface area contributed by atoms with E-state index in [1.54, 1.807) is 30.1 Å². The lowest BCUT2D eigenvalue weighted by atomic mass is 10.2. The zero-order valence-corrected chi connectivity index (χ0v) is 10.2. The number of benzene rings is 1. The van der Waals surface area contributed by atoms with Crippen LogP contribution in [0.15, 0.2) is 40.4 Å². The molecule has 0 amide bonds. The molecule has 0 saturated carbocycles. The minimum atomic E-state index is -0.550. The molecule has 7 heteroatoms. The Bertz CT molecular complexity index is 645. The van der Waals surface area contributed by atoms with Gasteiger partial charge in [-0.05, 0) is 12.1 Å². The van der Waals surface area contributed by atoms with Crippen LogP contribution >= 0.6 is 11.8 Å². The van der Waals surface area contributed by atoms with Crippen LogP contribution in [0.2, 0.25) is 0 Å². The molecule has 0 saturated heterocycles. The summed E-state index contributed by atoms with van der Waals surface area (Å²) in [6.45, 7) is 0. The van der Waals surface area contributed by atoms with Gasteiger partial charge in [0, 0.05) is 24.2 Å². The maximum atomic E-state index is 10.8. The second-order valence-electron chi connectivity index (χ2n) is 3.50. The van der Waals surface area contributed by atoms with Crippen LogP contribution in [-0.4, -0.2) is 14.7 Å². The van der Waals surface area contributed by atoms with Gasteiger partial charge in [-0.2, -0.15) is 10.4 Å². The smallest absolute Gasteiger partial charge is 0.275 e. The van der Waals surface area contributed by atoms with Gasteiger partial charge in [0.1, 0.15) is 11.6 Å². The molecule has 0 atom stereocenters. The molecule has 0 fully saturated rings. The van der Waals surface area contributed by atoms with E-state index in [2.05, 4.69) is 5.10 Å². The highest BCUT2D eigenvalue weighted by Gasteiger charge is 2.14. The summed E-state index contributed by atoms with van der Waals surface area (Å²) < 4.78 is 1.65. The first-order valence-electron chi connectivity index (χ1n) is 4.95. The summed E-state index contributed by atoms with van der Waals surface area (Å²) in [5.74, 6) is 0. The standard InChI is InChI=1S/C11H8N4O2S/c1-14-7-10(6-13-14)18-9-3-2-8(5-12)11(4-9)15(16)17/h2-4,6-7H,1H3. The Morgan fingerprint density at radius 1 is 1.50 bits per heavy atom. The van der Waals surface area contributed by atoms with E-state index >= 15 is 0 Å². The summed E-state index contributed by atoms with van der Waals surface area (Å²) >= 11 is 1.36. The van der Waals surface area contributed by atoms with E-state index in [1.165, 1.54) is 23.9 Å². The number of nitrogens with zero attached hydrogens (tertiary/aromatic N) is 4. The zero-order valence-electron chi connectivity index (χ0n) is 9.40. The van der Waals surface area contributed by atoms with E-state index in [0.29, 0.717) is 4.90 Å². The lowest BCUT2D eigenvalue weighted by Crippen LogP contribution is -1.92. The first-order valence-corrected chi connectivity index (χ1v) is 5.77.